The Kier molecular flexibility index (Phi) is 6.67. The van der Waals surface area contributed by atoms with Gasteiger partial charge in [0.25, 0.3) is 0 Å². The molecule has 1 amide bonds. The number of fused-ring (bicyclic) bond motifs is 1. The number of hydrogen-bond acceptors (Lipinski definition) is 3. The fourth-order valence-electron chi connectivity index (χ4n) is 4.35. The van der Waals surface area contributed by atoms with Crippen LogP contribution in [-0.4, -0.2) is 36.3 Å². The van der Waals surface area contributed by atoms with E-state index >= 15 is 0 Å². The van der Waals surface area contributed by atoms with Gasteiger partial charge in [0, 0.05) is 36.7 Å². The van der Waals surface area contributed by atoms with E-state index in [1.807, 2.05) is 61.0 Å². The molecule has 0 saturated carbocycles. The molecule has 32 heavy (non-hydrogen) atoms. The molecule has 4 rings (SSSR count). The molecular formula is C25H31N3O3S. The summed E-state index contributed by atoms with van der Waals surface area (Å²) in [5.74, 6) is -0.0458. The van der Waals surface area contributed by atoms with Gasteiger partial charge in [-0.3, -0.25) is 4.79 Å². The van der Waals surface area contributed by atoms with Gasteiger partial charge in [-0.05, 0) is 56.0 Å². The third-order valence-electron chi connectivity index (χ3n) is 6.26. The van der Waals surface area contributed by atoms with Gasteiger partial charge in [0.1, 0.15) is 6.04 Å². The zero-order valence-corrected chi connectivity index (χ0v) is 19.6. The van der Waals surface area contributed by atoms with E-state index < -0.39 is 10.0 Å². The number of amides is 1. The van der Waals surface area contributed by atoms with E-state index in [4.69, 9.17) is 0 Å². The van der Waals surface area contributed by atoms with Gasteiger partial charge in [0.2, 0.25) is 15.9 Å². The van der Waals surface area contributed by atoms with Crippen molar-refractivity contribution in [2.75, 3.05) is 13.1 Å². The van der Waals surface area contributed by atoms with Crippen LogP contribution in [0.2, 0.25) is 0 Å². The summed E-state index contributed by atoms with van der Waals surface area (Å²) in [5, 5.41) is 3.87. The second-order valence-electron chi connectivity index (χ2n) is 8.54. The minimum atomic E-state index is -3.48. The molecule has 1 N–H and O–H groups in total. The lowest BCUT2D eigenvalue weighted by atomic mass is 10.1. The van der Waals surface area contributed by atoms with Crippen molar-refractivity contribution >= 4 is 26.8 Å². The number of nitrogens with zero attached hydrogens (tertiary/aromatic N) is 2. The van der Waals surface area contributed by atoms with Crippen molar-refractivity contribution in [1.82, 2.24) is 14.2 Å². The number of nitrogens with one attached hydrogen (secondary N) is 1. The summed E-state index contributed by atoms with van der Waals surface area (Å²) in [6, 6.07) is 14.9. The van der Waals surface area contributed by atoms with Crippen molar-refractivity contribution in [2.45, 2.75) is 57.0 Å². The average Bonchev–Trinajstić information content (AvgIpc) is 3.23. The van der Waals surface area contributed by atoms with Gasteiger partial charge in [-0.2, -0.15) is 4.31 Å². The zero-order chi connectivity index (χ0) is 22.7. The second kappa shape index (κ2) is 9.46. The molecule has 2 aromatic carbocycles. The fourth-order valence-corrected chi connectivity index (χ4v) is 5.90. The maximum Gasteiger partial charge on any atom is 0.243 e. The molecule has 170 valence electrons. The lowest BCUT2D eigenvalue weighted by Crippen LogP contribution is -2.35. The molecule has 0 aliphatic carbocycles. The Labute approximate surface area is 190 Å². The Morgan fingerprint density at radius 3 is 2.44 bits per heavy atom. The van der Waals surface area contributed by atoms with Crippen LogP contribution in [0.5, 0.6) is 0 Å². The molecule has 0 spiro atoms. The first-order valence-corrected chi connectivity index (χ1v) is 12.8. The lowest BCUT2D eigenvalue weighted by molar-refractivity contribution is -0.124. The Bertz CT molecular complexity index is 1190. The summed E-state index contributed by atoms with van der Waals surface area (Å²) in [5.41, 5.74) is 3.11. The lowest BCUT2D eigenvalue weighted by Gasteiger charge is -2.26. The summed E-state index contributed by atoms with van der Waals surface area (Å²) in [6.07, 6.45) is 5.42. The molecule has 7 heteroatoms. The van der Waals surface area contributed by atoms with Gasteiger partial charge >= 0.3 is 0 Å². The minimum Gasteiger partial charge on any atom is -0.350 e. The van der Waals surface area contributed by atoms with Crippen LogP contribution < -0.4 is 5.32 Å². The first kappa shape index (κ1) is 22.6. The van der Waals surface area contributed by atoms with Crippen molar-refractivity contribution in [2.24, 2.45) is 0 Å². The topological polar surface area (TPSA) is 71.4 Å². The van der Waals surface area contributed by atoms with Crippen LogP contribution in [0.3, 0.4) is 0 Å². The maximum atomic E-state index is 13.0. The normalized spacial score (nSPS) is 16.2. The number of rotatable bonds is 7. The number of hydrogen-bond donors (Lipinski definition) is 1. The Morgan fingerprint density at radius 2 is 1.75 bits per heavy atom. The van der Waals surface area contributed by atoms with E-state index in [1.54, 1.807) is 16.4 Å². The van der Waals surface area contributed by atoms with Crippen molar-refractivity contribution in [1.29, 1.82) is 0 Å². The van der Waals surface area contributed by atoms with Crippen LogP contribution in [0.15, 0.2) is 59.6 Å². The Morgan fingerprint density at radius 1 is 1.03 bits per heavy atom. The Balaban J connectivity index is 1.54. The van der Waals surface area contributed by atoms with Gasteiger partial charge in [-0.1, -0.05) is 43.2 Å². The predicted molar refractivity (Wildman–Crippen MR) is 127 cm³/mol. The van der Waals surface area contributed by atoms with Crippen LogP contribution in [0.25, 0.3) is 10.9 Å². The number of carbonyl (C=O) groups is 1. The summed E-state index contributed by atoms with van der Waals surface area (Å²) in [6.45, 7) is 5.67. The van der Waals surface area contributed by atoms with E-state index in [9.17, 15) is 13.2 Å². The number of carbonyl (C=O) groups excluding carboxylic acids is 1. The molecule has 6 nitrogen and oxygen atoms in total. The molecule has 0 bridgehead atoms. The van der Waals surface area contributed by atoms with E-state index in [-0.39, 0.29) is 11.9 Å². The summed E-state index contributed by atoms with van der Waals surface area (Å²) >= 11 is 0. The number of aryl methyl sites for hydroxylation is 1. The predicted octanol–water partition coefficient (Wildman–Crippen LogP) is 4.39. The summed E-state index contributed by atoms with van der Waals surface area (Å²) < 4.78 is 29.6. The highest BCUT2D eigenvalue weighted by Gasteiger charge is 2.27. The van der Waals surface area contributed by atoms with Crippen LogP contribution in [0.4, 0.5) is 0 Å². The largest absolute Gasteiger partial charge is 0.350 e. The van der Waals surface area contributed by atoms with Gasteiger partial charge in [-0.15, -0.1) is 0 Å². The van der Waals surface area contributed by atoms with E-state index in [0.717, 1.165) is 35.7 Å². The molecular weight excluding hydrogens is 422 g/mol. The van der Waals surface area contributed by atoms with Gasteiger partial charge in [-0.25, -0.2) is 8.42 Å². The molecule has 0 radical (unpaired) electrons. The third-order valence-corrected chi connectivity index (χ3v) is 8.15. The van der Waals surface area contributed by atoms with Gasteiger partial charge < -0.3 is 9.88 Å². The molecule has 1 saturated heterocycles. The molecule has 3 aromatic rings. The zero-order valence-electron chi connectivity index (χ0n) is 18.8. The third kappa shape index (κ3) is 4.59. The van der Waals surface area contributed by atoms with Crippen LogP contribution in [-0.2, 0) is 21.4 Å². The highest BCUT2D eigenvalue weighted by atomic mass is 32.2. The Hall–Kier alpha value is -2.64. The van der Waals surface area contributed by atoms with Crippen molar-refractivity contribution in [3.05, 3.63) is 65.9 Å². The smallest absolute Gasteiger partial charge is 0.243 e. The van der Waals surface area contributed by atoms with E-state index in [1.165, 1.54) is 5.56 Å². The average molecular weight is 454 g/mol. The molecule has 0 unspecified atom stereocenters. The number of sulfonamides is 1. The standard InChI is InChI=1S/C25H31N3O3S/c1-3-23(25(29)26-18-20-9-7-19(2)8-10-20)28-16-13-21-17-22(11-12-24(21)28)32(30,31)27-14-5-4-6-15-27/h7-13,16-17,23H,3-6,14-15,18H2,1-2H3,(H,26,29)/t23-/m0/s1. The quantitative estimate of drug-likeness (QED) is 0.577. The SMILES string of the molecule is CC[C@@H](C(=O)NCc1ccc(C)cc1)n1ccc2cc(S(=O)(=O)N3CCCCC3)ccc21. The van der Waals surface area contributed by atoms with Gasteiger partial charge in [0.15, 0.2) is 0 Å². The van der Waals surface area contributed by atoms with Crippen LogP contribution in [0.1, 0.15) is 49.8 Å². The first-order chi connectivity index (χ1) is 15.4. The summed E-state index contributed by atoms with van der Waals surface area (Å²) in [7, 11) is -3.48. The highest BCUT2D eigenvalue weighted by molar-refractivity contribution is 7.89. The first-order valence-electron chi connectivity index (χ1n) is 11.3. The number of piperidine rings is 1. The molecule has 1 aliphatic rings. The molecule has 1 aromatic heterocycles. The molecule has 1 fully saturated rings. The molecule has 1 atom stereocenters. The maximum absolute atomic E-state index is 13.0. The second-order valence-corrected chi connectivity index (χ2v) is 10.5. The van der Waals surface area contributed by atoms with Crippen molar-refractivity contribution in [3.8, 4) is 0 Å². The van der Waals surface area contributed by atoms with E-state index in [0.29, 0.717) is 31.0 Å². The summed E-state index contributed by atoms with van der Waals surface area (Å²) in [4.78, 5) is 13.3. The monoisotopic (exact) mass is 453 g/mol. The fraction of sp³-hybridized carbons (Fsp3) is 0.400. The molecule has 2 heterocycles. The highest BCUT2D eigenvalue weighted by Crippen LogP contribution is 2.27. The van der Waals surface area contributed by atoms with Crippen molar-refractivity contribution < 1.29 is 13.2 Å². The van der Waals surface area contributed by atoms with Crippen molar-refractivity contribution in [3.63, 3.8) is 0 Å². The minimum absolute atomic E-state index is 0.0458. The van der Waals surface area contributed by atoms with Crippen LogP contribution in [0, 0.1) is 6.92 Å². The van der Waals surface area contributed by atoms with E-state index in [2.05, 4.69) is 5.32 Å². The van der Waals surface area contributed by atoms with Crippen LogP contribution >= 0.6 is 0 Å². The van der Waals surface area contributed by atoms with Gasteiger partial charge in [0.05, 0.1) is 4.90 Å². The number of aromatic nitrogens is 1. The molecule has 1 aliphatic heterocycles. The number of benzene rings is 2.